The van der Waals surface area contributed by atoms with Crippen molar-refractivity contribution in [2.75, 3.05) is 0 Å². The van der Waals surface area contributed by atoms with Crippen molar-refractivity contribution in [3.8, 4) is 90.5 Å². The van der Waals surface area contributed by atoms with Crippen molar-refractivity contribution in [2.24, 2.45) is 0 Å². The molecule has 12 rings (SSSR count). The molecule has 0 unspecified atom stereocenters. The molecule has 1 aromatic heterocycles. The summed E-state index contributed by atoms with van der Waals surface area (Å²) in [5.41, 5.74) is 13.0. The van der Waals surface area contributed by atoms with Crippen LogP contribution in [0.3, 0.4) is 0 Å². The molecule has 5 heteroatoms. The monoisotopic (exact) mass is 807 g/mol. The zero-order valence-electron chi connectivity index (χ0n) is 34.0. The van der Waals surface area contributed by atoms with Crippen LogP contribution in [0.2, 0.25) is 0 Å². The third kappa shape index (κ3) is 6.05. The van der Waals surface area contributed by atoms with E-state index in [1.165, 1.54) is 16.7 Å². The number of aromatic nitrogens is 3. The zero-order chi connectivity index (χ0) is 41.7. The minimum Gasteiger partial charge on any atom is -0.449 e. The Kier molecular flexibility index (Phi) is 8.64. The molecule has 0 saturated heterocycles. The molecule has 0 fully saturated rings. The summed E-state index contributed by atoms with van der Waals surface area (Å²) in [4.78, 5) is 15.6. The van der Waals surface area contributed by atoms with E-state index in [1.807, 2.05) is 30.3 Å². The van der Waals surface area contributed by atoms with Crippen molar-refractivity contribution in [3.63, 3.8) is 0 Å². The van der Waals surface area contributed by atoms with Gasteiger partial charge in [0, 0.05) is 16.7 Å². The molecule has 296 valence electrons. The van der Waals surface area contributed by atoms with Gasteiger partial charge in [0.2, 0.25) is 0 Å². The number of fused-ring (bicyclic) bond motifs is 6. The van der Waals surface area contributed by atoms with E-state index in [0.29, 0.717) is 46.0 Å². The second-order valence-corrected chi connectivity index (χ2v) is 15.9. The van der Waals surface area contributed by atoms with Crippen LogP contribution in [-0.4, -0.2) is 15.0 Å². The average molecular weight is 808 g/mol. The lowest BCUT2D eigenvalue weighted by Gasteiger charge is -2.34. The van der Waals surface area contributed by atoms with E-state index in [2.05, 4.69) is 194 Å². The predicted molar refractivity (Wildman–Crippen MR) is 251 cm³/mol. The Morgan fingerprint density at radius 1 is 0.302 bits per heavy atom. The fourth-order valence-corrected chi connectivity index (χ4v) is 9.45. The van der Waals surface area contributed by atoms with Gasteiger partial charge in [0.05, 0.1) is 11.0 Å². The Morgan fingerprint density at radius 2 is 0.762 bits per heavy atom. The van der Waals surface area contributed by atoms with Crippen LogP contribution in [0.1, 0.15) is 22.3 Å². The largest absolute Gasteiger partial charge is 0.449 e. The molecule has 63 heavy (non-hydrogen) atoms. The maximum Gasteiger partial charge on any atom is 0.181 e. The summed E-state index contributed by atoms with van der Waals surface area (Å²) >= 11 is 0. The maximum atomic E-state index is 7.25. The smallest absolute Gasteiger partial charge is 0.181 e. The van der Waals surface area contributed by atoms with Crippen LogP contribution in [0.25, 0.3) is 67.5 Å². The van der Waals surface area contributed by atoms with E-state index in [0.717, 1.165) is 50.1 Å². The minimum absolute atomic E-state index is 0.477. The SMILES string of the molecule is c1ccc(-c2cccc(-c3nc(-c4cccc(-c5ccccc5)c4)nc(-c4cccc5c4Oc4c(ccc6c4-c4ccccc4C6(c4ccccc4)c4ccccc4)O5)n3)c2)cc1. The lowest BCUT2D eigenvalue weighted by Crippen LogP contribution is -2.28. The Labute approximate surface area is 365 Å². The summed E-state index contributed by atoms with van der Waals surface area (Å²) in [6.45, 7) is 0. The van der Waals surface area contributed by atoms with Crippen LogP contribution in [0.5, 0.6) is 23.0 Å². The molecule has 0 spiro atoms. The van der Waals surface area contributed by atoms with Crippen molar-refractivity contribution < 1.29 is 9.47 Å². The highest BCUT2D eigenvalue weighted by Crippen LogP contribution is 2.62. The van der Waals surface area contributed by atoms with Gasteiger partial charge in [0.25, 0.3) is 0 Å². The van der Waals surface area contributed by atoms with Crippen LogP contribution in [0.15, 0.2) is 224 Å². The van der Waals surface area contributed by atoms with Crippen LogP contribution in [0.4, 0.5) is 0 Å². The third-order valence-electron chi connectivity index (χ3n) is 12.3. The van der Waals surface area contributed by atoms with Gasteiger partial charge in [-0.3, -0.25) is 0 Å². The molecular formula is C58H37N3O2. The summed E-state index contributed by atoms with van der Waals surface area (Å²) in [6, 6.07) is 77.8. The molecule has 2 aliphatic rings. The second-order valence-electron chi connectivity index (χ2n) is 15.9. The number of hydrogen-bond acceptors (Lipinski definition) is 5. The molecule has 0 amide bonds. The summed E-state index contributed by atoms with van der Waals surface area (Å²) < 4.78 is 14.1. The quantitative estimate of drug-likeness (QED) is 0.161. The van der Waals surface area contributed by atoms with Gasteiger partial charge in [-0.05, 0) is 80.4 Å². The molecule has 5 nitrogen and oxygen atoms in total. The highest BCUT2D eigenvalue weighted by Gasteiger charge is 2.48. The topological polar surface area (TPSA) is 57.1 Å². The van der Waals surface area contributed by atoms with E-state index in [1.54, 1.807) is 0 Å². The first-order valence-corrected chi connectivity index (χ1v) is 21.2. The molecule has 0 bridgehead atoms. The summed E-state index contributed by atoms with van der Waals surface area (Å²) in [7, 11) is 0. The molecular weight excluding hydrogens is 771 g/mol. The van der Waals surface area contributed by atoms with Gasteiger partial charge < -0.3 is 9.47 Å². The number of para-hydroxylation sites is 1. The molecule has 9 aromatic carbocycles. The van der Waals surface area contributed by atoms with E-state index in [-0.39, 0.29) is 0 Å². The van der Waals surface area contributed by atoms with E-state index >= 15 is 0 Å². The molecule has 0 atom stereocenters. The Morgan fingerprint density at radius 3 is 1.37 bits per heavy atom. The maximum absolute atomic E-state index is 7.25. The first-order valence-electron chi connectivity index (χ1n) is 21.2. The number of hydrogen-bond donors (Lipinski definition) is 0. The van der Waals surface area contributed by atoms with Gasteiger partial charge in [0.1, 0.15) is 0 Å². The first-order chi connectivity index (χ1) is 31.2. The normalized spacial score (nSPS) is 12.8. The van der Waals surface area contributed by atoms with Crippen LogP contribution >= 0.6 is 0 Å². The van der Waals surface area contributed by atoms with Crippen molar-refractivity contribution in [1.82, 2.24) is 15.0 Å². The highest BCUT2D eigenvalue weighted by molar-refractivity contribution is 5.92. The fourth-order valence-electron chi connectivity index (χ4n) is 9.45. The molecule has 0 saturated carbocycles. The summed E-state index contributed by atoms with van der Waals surface area (Å²) in [5, 5.41) is 0. The van der Waals surface area contributed by atoms with Gasteiger partial charge in [-0.25, -0.2) is 15.0 Å². The van der Waals surface area contributed by atoms with E-state index < -0.39 is 5.41 Å². The number of ether oxygens (including phenoxy) is 2. The third-order valence-corrected chi connectivity index (χ3v) is 12.3. The van der Waals surface area contributed by atoms with Crippen molar-refractivity contribution in [2.45, 2.75) is 5.41 Å². The van der Waals surface area contributed by atoms with Gasteiger partial charge >= 0.3 is 0 Å². The van der Waals surface area contributed by atoms with E-state index in [4.69, 9.17) is 24.4 Å². The van der Waals surface area contributed by atoms with Crippen LogP contribution in [0, 0.1) is 0 Å². The van der Waals surface area contributed by atoms with Gasteiger partial charge in [0.15, 0.2) is 40.5 Å². The van der Waals surface area contributed by atoms with Crippen molar-refractivity contribution in [3.05, 3.63) is 247 Å². The summed E-state index contributed by atoms with van der Waals surface area (Å²) in [6.07, 6.45) is 0. The lowest BCUT2D eigenvalue weighted by molar-refractivity contribution is 0.361. The van der Waals surface area contributed by atoms with E-state index in [9.17, 15) is 0 Å². The molecule has 10 aromatic rings. The first kappa shape index (κ1) is 36.4. The molecule has 1 aliphatic heterocycles. The minimum atomic E-state index is -0.590. The number of rotatable bonds is 7. The Bertz CT molecular complexity index is 3190. The molecule has 0 N–H and O–H groups in total. The van der Waals surface area contributed by atoms with Crippen LogP contribution < -0.4 is 9.47 Å². The van der Waals surface area contributed by atoms with Crippen molar-refractivity contribution >= 4 is 0 Å². The number of nitrogens with zero attached hydrogens (tertiary/aromatic N) is 3. The highest BCUT2D eigenvalue weighted by atomic mass is 16.6. The van der Waals surface area contributed by atoms with Gasteiger partial charge in [-0.2, -0.15) is 0 Å². The summed E-state index contributed by atoms with van der Waals surface area (Å²) in [5.74, 6) is 4.03. The fraction of sp³-hybridized carbons (Fsp3) is 0.0172. The number of benzene rings is 9. The lowest BCUT2D eigenvalue weighted by atomic mass is 9.68. The zero-order valence-corrected chi connectivity index (χ0v) is 34.0. The predicted octanol–water partition coefficient (Wildman–Crippen LogP) is 14.5. The standard InChI is InChI=1S/C58H37N3O2/c1-5-18-38(19-6-1)40-22-15-24-42(36-40)55-59-56(43-25-16-23-41(37-43)39-20-7-2-8-21-39)61-57(60-55)47-31-17-33-50-53(47)63-54-51(62-50)35-34-49-52(54)46-30-13-14-32-48(46)58(49,44-26-9-3-10-27-44)45-28-11-4-12-29-45/h1-37H. The van der Waals surface area contributed by atoms with Crippen molar-refractivity contribution in [1.29, 1.82) is 0 Å². The average Bonchev–Trinajstić information content (AvgIpc) is 3.68. The van der Waals surface area contributed by atoms with Gasteiger partial charge in [-0.1, -0.05) is 194 Å². The van der Waals surface area contributed by atoms with Gasteiger partial charge in [-0.15, -0.1) is 0 Å². The molecule has 1 aliphatic carbocycles. The molecule has 2 heterocycles. The van der Waals surface area contributed by atoms with Crippen LogP contribution in [-0.2, 0) is 5.41 Å². The molecule has 0 radical (unpaired) electrons. The Hall–Kier alpha value is -8.41. The Balaban J connectivity index is 1.04. The second kappa shape index (κ2) is 14.9.